The molecule has 1 amide bonds. The Hall–Kier alpha value is -4.11. The van der Waals surface area contributed by atoms with Crippen LogP contribution in [0.4, 0.5) is 0 Å². The molecule has 0 aliphatic rings. The highest BCUT2D eigenvalue weighted by atomic mass is 16.5. The van der Waals surface area contributed by atoms with E-state index in [1.807, 2.05) is 67.6 Å². The van der Waals surface area contributed by atoms with Crippen LogP contribution in [0.5, 0.6) is 5.75 Å². The van der Waals surface area contributed by atoms with E-state index < -0.39 is 0 Å². The van der Waals surface area contributed by atoms with Crippen molar-refractivity contribution >= 4 is 33.8 Å². The minimum Gasteiger partial charge on any atom is -0.493 e. The topological polar surface area (TPSA) is 79.4 Å². The molecule has 4 aromatic rings. The number of benzene rings is 3. The molecule has 0 aliphatic carbocycles. The molecule has 0 saturated heterocycles. The van der Waals surface area contributed by atoms with Crippen molar-refractivity contribution in [2.24, 2.45) is 5.10 Å². The Labute approximate surface area is 174 Å². The van der Waals surface area contributed by atoms with Gasteiger partial charge in [-0.15, -0.1) is 0 Å². The largest absolute Gasteiger partial charge is 0.493 e. The van der Waals surface area contributed by atoms with E-state index in [9.17, 15) is 10.1 Å². The number of aromatic nitrogens is 1. The molecule has 0 spiro atoms. The third-order valence-corrected chi connectivity index (χ3v) is 4.83. The van der Waals surface area contributed by atoms with E-state index in [1.165, 1.54) is 0 Å². The van der Waals surface area contributed by atoms with Gasteiger partial charge >= 0.3 is 0 Å². The van der Waals surface area contributed by atoms with Gasteiger partial charge in [0.2, 0.25) is 0 Å². The van der Waals surface area contributed by atoms with Crippen molar-refractivity contribution in [3.63, 3.8) is 0 Å². The lowest BCUT2D eigenvalue weighted by Gasteiger charge is -2.09. The molecule has 0 atom stereocenters. The minimum absolute atomic E-state index is 0.0730. The summed E-state index contributed by atoms with van der Waals surface area (Å²) >= 11 is 0. The van der Waals surface area contributed by atoms with Crippen LogP contribution < -0.4 is 10.2 Å². The number of fused-ring (bicyclic) bond motifs is 2. The van der Waals surface area contributed by atoms with E-state index in [0.717, 1.165) is 33.0 Å². The van der Waals surface area contributed by atoms with Crippen molar-refractivity contribution < 1.29 is 9.53 Å². The van der Waals surface area contributed by atoms with Crippen molar-refractivity contribution in [1.82, 2.24) is 9.99 Å². The maximum Gasteiger partial charge on any atom is 0.259 e. The molecule has 0 unspecified atom stereocenters. The quantitative estimate of drug-likeness (QED) is 0.392. The van der Waals surface area contributed by atoms with Crippen molar-refractivity contribution in [3.8, 4) is 11.8 Å². The normalized spacial score (nSPS) is 11.1. The number of carbonyl (C=O) groups is 1. The fourth-order valence-corrected chi connectivity index (χ4v) is 3.52. The van der Waals surface area contributed by atoms with Gasteiger partial charge in [0.25, 0.3) is 5.91 Å². The lowest BCUT2D eigenvalue weighted by atomic mass is 10.0. The Morgan fingerprint density at radius 2 is 1.83 bits per heavy atom. The standard InChI is InChI=1S/C24H20N4O2/c1-2-30-23-12-11-17(19-7-3-4-9-21(19)23)14-26-27-24(29)16-28-15-18(13-25)20-8-5-6-10-22(20)28/h3-12,14-15H,2,16H2,1H3,(H,27,29). The van der Waals surface area contributed by atoms with Crippen molar-refractivity contribution in [3.05, 3.63) is 78.0 Å². The number of amides is 1. The van der Waals surface area contributed by atoms with E-state index >= 15 is 0 Å². The molecule has 0 aliphatic heterocycles. The van der Waals surface area contributed by atoms with E-state index in [4.69, 9.17) is 4.74 Å². The second kappa shape index (κ2) is 8.50. The lowest BCUT2D eigenvalue weighted by molar-refractivity contribution is -0.121. The van der Waals surface area contributed by atoms with Crippen LogP contribution in [0.15, 0.2) is 72.0 Å². The summed E-state index contributed by atoms with van der Waals surface area (Å²) in [7, 11) is 0. The summed E-state index contributed by atoms with van der Waals surface area (Å²) in [4.78, 5) is 12.4. The summed E-state index contributed by atoms with van der Waals surface area (Å²) in [6.07, 6.45) is 3.32. The monoisotopic (exact) mass is 396 g/mol. The summed E-state index contributed by atoms with van der Waals surface area (Å²) in [6, 6.07) is 21.4. The molecule has 0 bridgehead atoms. The third kappa shape index (κ3) is 3.74. The average Bonchev–Trinajstić information content (AvgIpc) is 3.13. The van der Waals surface area contributed by atoms with E-state index in [1.54, 1.807) is 17.0 Å². The minimum atomic E-state index is -0.272. The summed E-state index contributed by atoms with van der Waals surface area (Å²) < 4.78 is 7.44. The first kappa shape index (κ1) is 19.2. The molecule has 0 fully saturated rings. The highest BCUT2D eigenvalue weighted by Crippen LogP contribution is 2.27. The van der Waals surface area contributed by atoms with Crippen molar-refractivity contribution in [2.75, 3.05) is 6.61 Å². The second-order valence-corrected chi connectivity index (χ2v) is 6.72. The van der Waals surface area contributed by atoms with Crippen LogP contribution in [0.3, 0.4) is 0 Å². The number of hydrogen-bond acceptors (Lipinski definition) is 4. The van der Waals surface area contributed by atoms with Gasteiger partial charge in [-0.25, -0.2) is 5.43 Å². The number of hydrogen-bond donors (Lipinski definition) is 1. The Kier molecular flexibility index (Phi) is 5.44. The SMILES string of the molecule is CCOc1ccc(C=NNC(=O)Cn2cc(C#N)c3ccccc32)c2ccccc12. The summed E-state index contributed by atoms with van der Waals surface area (Å²) in [5, 5.41) is 16.2. The maximum atomic E-state index is 12.4. The number of carbonyl (C=O) groups excluding carboxylic acids is 1. The molecule has 0 radical (unpaired) electrons. The molecule has 0 saturated carbocycles. The number of ether oxygens (including phenoxy) is 1. The molecule has 30 heavy (non-hydrogen) atoms. The van der Waals surface area contributed by atoms with E-state index in [2.05, 4.69) is 16.6 Å². The smallest absolute Gasteiger partial charge is 0.259 e. The summed E-state index contributed by atoms with van der Waals surface area (Å²) in [5.41, 5.74) is 4.84. The van der Waals surface area contributed by atoms with Crippen LogP contribution in [0.1, 0.15) is 18.1 Å². The average molecular weight is 396 g/mol. The van der Waals surface area contributed by atoms with Gasteiger partial charge in [0.05, 0.1) is 18.4 Å². The van der Waals surface area contributed by atoms with Crippen LogP contribution in [0.25, 0.3) is 21.7 Å². The fourth-order valence-electron chi connectivity index (χ4n) is 3.52. The van der Waals surface area contributed by atoms with Gasteiger partial charge in [-0.1, -0.05) is 42.5 Å². The van der Waals surface area contributed by atoms with Crippen LogP contribution in [0, 0.1) is 11.3 Å². The second-order valence-electron chi connectivity index (χ2n) is 6.72. The van der Waals surface area contributed by atoms with Gasteiger partial charge in [-0.3, -0.25) is 4.79 Å². The highest BCUT2D eigenvalue weighted by molar-refractivity contribution is 6.02. The Morgan fingerprint density at radius 1 is 1.10 bits per heavy atom. The number of nitrogens with one attached hydrogen (secondary N) is 1. The number of nitriles is 1. The molecule has 1 N–H and O–H groups in total. The number of hydrazone groups is 1. The van der Waals surface area contributed by atoms with Crippen LogP contribution >= 0.6 is 0 Å². The molecule has 6 heteroatoms. The number of rotatable bonds is 6. The van der Waals surface area contributed by atoms with Crippen LogP contribution in [-0.2, 0) is 11.3 Å². The van der Waals surface area contributed by atoms with Crippen LogP contribution in [0.2, 0.25) is 0 Å². The lowest BCUT2D eigenvalue weighted by Crippen LogP contribution is -2.22. The van der Waals surface area contributed by atoms with Gasteiger partial charge in [0, 0.05) is 28.0 Å². The first-order chi connectivity index (χ1) is 14.7. The number of nitrogens with zero attached hydrogens (tertiary/aromatic N) is 3. The first-order valence-electron chi connectivity index (χ1n) is 9.65. The third-order valence-electron chi connectivity index (χ3n) is 4.83. The van der Waals surface area contributed by atoms with Gasteiger partial charge < -0.3 is 9.30 Å². The fraction of sp³-hybridized carbons (Fsp3) is 0.125. The Balaban J connectivity index is 1.51. The molecule has 1 heterocycles. The van der Waals surface area contributed by atoms with E-state index in [-0.39, 0.29) is 12.5 Å². The Bertz CT molecular complexity index is 1300. The van der Waals surface area contributed by atoms with Gasteiger partial charge in [-0.05, 0) is 30.5 Å². The van der Waals surface area contributed by atoms with Crippen LogP contribution in [-0.4, -0.2) is 23.3 Å². The first-order valence-corrected chi connectivity index (χ1v) is 9.65. The maximum absolute atomic E-state index is 12.4. The number of para-hydroxylation sites is 1. The molecule has 6 nitrogen and oxygen atoms in total. The highest BCUT2D eigenvalue weighted by Gasteiger charge is 2.10. The zero-order valence-electron chi connectivity index (χ0n) is 16.5. The molecular weight excluding hydrogens is 376 g/mol. The molecule has 3 aromatic carbocycles. The predicted octanol–water partition coefficient (Wildman–Crippen LogP) is 4.22. The molecule has 1 aromatic heterocycles. The zero-order valence-corrected chi connectivity index (χ0v) is 16.5. The molecule has 148 valence electrons. The van der Waals surface area contributed by atoms with Gasteiger partial charge in [0.15, 0.2) is 0 Å². The van der Waals surface area contributed by atoms with E-state index in [0.29, 0.717) is 12.2 Å². The zero-order chi connectivity index (χ0) is 20.9. The summed E-state index contributed by atoms with van der Waals surface area (Å²) in [6.45, 7) is 2.62. The van der Waals surface area contributed by atoms with Gasteiger partial charge in [-0.2, -0.15) is 10.4 Å². The van der Waals surface area contributed by atoms with Crippen molar-refractivity contribution in [2.45, 2.75) is 13.5 Å². The molecular formula is C24H20N4O2. The predicted molar refractivity (Wildman–Crippen MR) is 118 cm³/mol. The summed E-state index contributed by atoms with van der Waals surface area (Å²) in [5.74, 6) is 0.550. The Morgan fingerprint density at radius 3 is 2.60 bits per heavy atom. The molecule has 4 rings (SSSR count). The van der Waals surface area contributed by atoms with Gasteiger partial charge in [0.1, 0.15) is 18.4 Å². The van der Waals surface area contributed by atoms with Crippen molar-refractivity contribution in [1.29, 1.82) is 5.26 Å².